The predicted molar refractivity (Wildman–Crippen MR) is 62.3 cm³/mol. The second-order valence-corrected chi connectivity index (χ2v) is 4.35. The first kappa shape index (κ1) is 14.5. The Hall–Kier alpha value is -1.61. The van der Waals surface area contributed by atoms with Crippen LogP contribution >= 0.6 is 0 Å². The third kappa shape index (κ3) is 4.00. The molecule has 1 rings (SSSR count). The van der Waals surface area contributed by atoms with Gasteiger partial charge in [0.05, 0.1) is 13.2 Å². The van der Waals surface area contributed by atoms with Gasteiger partial charge < -0.3 is 14.8 Å². The van der Waals surface area contributed by atoms with Gasteiger partial charge in [0.1, 0.15) is 12.1 Å². The molecule has 6 nitrogen and oxygen atoms in total. The molecule has 0 aliphatic carbocycles. The number of nitrogens with zero attached hydrogens (tertiary/aromatic N) is 1. The Morgan fingerprint density at radius 1 is 1.61 bits per heavy atom. The van der Waals surface area contributed by atoms with Crippen LogP contribution < -0.4 is 5.32 Å². The van der Waals surface area contributed by atoms with Gasteiger partial charge in [-0.1, -0.05) is 0 Å². The summed E-state index contributed by atoms with van der Waals surface area (Å²) in [5, 5.41) is 11.3. The summed E-state index contributed by atoms with van der Waals surface area (Å²) >= 11 is 0. The normalized spacial score (nSPS) is 21.7. The Bertz CT molecular complexity index is 344. The van der Waals surface area contributed by atoms with Gasteiger partial charge in [-0.15, -0.1) is 0 Å². The highest BCUT2D eigenvalue weighted by Gasteiger charge is 2.29. The summed E-state index contributed by atoms with van der Waals surface area (Å²) in [5.74, 6) is -1.18. The van der Waals surface area contributed by atoms with Gasteiger partial charge >= 0.3 is 5.97 Å². The summed E-state index contributed by atoms with van der Waals surface area (Å²) in [6.07, 6.45) is 1.25. The maximum Gasteiger partial charge on any atom is 0.328 e. The number of carbonyl (C=O) groups is 2. The summed E-state index contributed by atoms with van der Waals surface area (Å²) in [4.78, 5) is 23.3. The number of hydrogen-bond acceptors (Lipinski definition) is 5. The Balaban J connectivity index is 2.57. The molecule has 1 heterocycles. The van der Waals surface area contributed by atoms with Crippen molar-refractivity contribution in [1.29, 1.82) is 5.26 Å². The lowest BCUT2D eigenvalue weighted by Gasteiger charge is -2.19. The van der Waals surface area contributed by atoms with E-state index in [1.54, 1.807) is 6.92 Å². The van der Waals surface area contributed by atoms with E-state index < -0.39 is 18.1 Å². The molecule has 18 heavy (non-hydrogen) atoms. The van der Waals surface area contributed by atoms with Crippen LogP contribution in [0.1, 0.15) is 26.2 Å². The van der Waals surface area contributed by atoms with Gasteiger partial charge in [-0.3, -0.25) is 4.79 Å². The van der Waals surface area contributed by atoms with E-state index in [1.165, 1.54) is 7.11 Å². The van der Waals surface area contributed by atoms with Crippen LogP contribution in [-0.4, -0.2) is 37.7 Å². The molecule has 6 heteroatoms. The van der Waals surface area contributed by atoms with Crippen LogP contribution in [0.4, 0.5) is 0 Å². The molecule has 1 saturated heterocycles. The molecular weight excluding hydrogens is 236 g/mol. The third-order valence-corrected chi connectivity index (χ3v) is 2.83. The van der Waals surface area contributed by atoms with Crippen molar-refractivity contribution in [3.05, 3.63) is 0 Å². The molecule has 100 valence electrons. The van der Waals surface area contributed by atoms with Crippen molar-refractivity contribution < 1.29 is 19.1 Å². The van der Waals surface area contributed by atoms with E-state index in [9.17, 15) is 9.59 Å². The zero-order chi connectivity index (χ0) is 13.5. The highest BCUT2D eigenvalue weighted by molar-refractivity contribution is 5.87. The van der Waals surface area contributed by atoms with E-state index in [-0.39, 0.29) is 18.2 Å². The van der Waals surface area contributed by atoms with Gasteiger partial charge in [0.15, 0.2) is 0 Å². The van der Waals surface area contributed by atoms with Crippen LogP contribution in [0.5, 0.6) is 0 Å². The summed E-state index contributed by atoms with van der Waals surface area (Å²) in [7, 11) is 1.25. The van der Waals surface area contributed by atoms with Crippen LogP contribution in [0.15, 0.2) is 0 Å². The van der Waals surface area contributed by atoms with Crippen molar-refractivity contribution in [2.75, 3.05) is 13.7 Å². The van der Waals surface area contributed by atoms with Crippen molar-refractivity contribution in [3.8, 4) is 6.07 Å². The molecule has 0 bridgehead atoms. The average molecular weight is 254 g/mol. The Morgan fingerprint density at radius 2 is 2.33 bits per heavy atom. The third-order valence-electron chi connectivity index (χ3n) is 2.83. The second-order valence-electron chi connectivity index (χ2n) is 4.35. The minimum atomic E-state index is -0.790. The Kier molecular flexibility index (Phi) is 5.59. The van der Waals surface area contributed by atoms with Gasteiger partial charge in [-0.25, -0.2) is 4.79 Å². The molecule has 0 aromatic heterocycles. The highest BCUT2D eigenvalue weighted by Crippen LogP contribution is 2.13. The van der Waals surface area contributed by atoms with E-state index >= 15 is 0 Å². The van der Waals surface area contributed by atoms with Crippen molar-refractivity contribution in [1.82, 2.24) is 5.32 Å². The Morgan fingerprint density at radius 3 is 2.83 bits per heavy atom. The summed E-state index contributed by atoms with van der Waals surface area (Å²) in [6.45, 7) is 2.25. The van der Waals surface area contributed by atoms with Crippen molar-refractivity contribution >= 4 is 11.9 Å². The lowest BCUT2D eigenvalue weighted by molar-refractivity contribution is -0.146. The number of esters is 1. The van der Waals surface area contributed by atoms with Crippen LogP contribution in [0.25, 0.3) is 0 Å². The number of ether oxygens (including phenoxy) is 2. The van der Waals surface area contributed by atoms with Gasteiger partial charge in [0.25, 0.3) is 0 Å². The maximum atomic E-state index is 11.8. The maximum absolute atomic E-state index is 11.8. The number of hydrogen-bond donors (Lipinski definition) is 1. The molecule has 3 atom stereocenters. The molecule has 0 unspecified atom stereocenters. The smallest absolute Gasteiger partial charge is 0.328 e. The summed E-state index contributed by atoms with van der Waals surface area (Å²) in [6, 6.07) is 1.24. The number of nitriles is 1. The fraction of sp³-hybridized carbons (Fsp3) is 0.750. The monoisotopic (exact) mass is 254 g/mol. The molecule has 0 aromatic rings. The summed E-state index contributed by atoms with van der Waals surface area (Å²) in [5.41, 5.74) is 0. The molecule has 0 radical (unpaired) electrons. The van der Waals surface area contributed by atoms with E-state index in [0.29, 0.717) is 13.0 Å². The van der Waals surface area contributed by atoms with E-state index in [1.807, 2.05) is 6.07 Å². The zero-order valence-electron chi connectivity index (χ0n) is 10.6. The number of rotatable bonds is 5. The largest absolute Gasteiger partial charge is 0.467 e. The van der Waals surface area contributed by atoms with Gasteiger partial charge in [-0.05, 0) is 26.2 Å². The minimum absolute atomic E-state index is 0.238. The first-order chi connectivity index (χ1) is 8.58. The lowest BCUT2D eigenvalue weighted by atomic mass is 10.0. The molecule has 0 saturated carbocycles. The molecule has 1 fully saturated rings. The molecule has 0 spiro atoms. The number of nitrogens with one attached hydrogen (secondary N) is 1. The molecular formula is C12H18N2O4. The summed E-state index contributed by atoms with van der Waals surface area (Å²) < 4.78 is 9.85. The number of methoxy groups -OCH3 is 1. The molecule has 1 aliphatic rings. The van der Waals surface area contributed by atoms with Gasteiger partial charge in [0.2, 0.25) is 5.91 Å². The second kappa shape index (κ2) is 6.97. The van der Waals surface area contributed by atoms with Crippen molar-refractivity contribution in [2.24, 2.45) is 5.92 Å². The first-order valence-electron chi connectivity index (χ1n) is 5.98. The van der Waals surface area contributed by atoms with Crippen LogP contribution in [0.3, 0.4) is 0 Å². The van der Waals surface area contributed by atoms with E-state index in [2.05, 4.69) is 10.1 Å². The van der Waals surface area contributed by atoms with Gasteiger partial charge in [-0.2, -0.15) is 5.26 Å². The highest BCUT2D eigenvalue weighted by atomic mass is 16.5. The molecule has 0 aromatic carbocycles. The quantitative estimate of drug-likeness (QED) is 0.716. The van der Waals surface area contributed by atoms with E-state index in [0.717, 1.165) is 6.42 Å². The predicted octanol–water partition coefficient (Wildman–Crippen LogP) is 0.373. The SMILES string of the molecule is COC(=O)[C@H](C[C@@H](C)C#N)NC(=O)[C@@H]1CCCO1. The van der Waals surface area contributed by atoms with Crippen LogP contribution in [-0.2, 0) is 19.1 Å². The van der Waals surface area contributed by atoms with E-state index in [4.69, 9.17) is 10.00 Å². The van der Waals surface area contributed by atoms with Crippen LogP contribution in [0, 0.1) is 17.2 Å². The number of carbonyl (C=O) groups excluding carboxylic acids is 2. The average Bonchev–Trinajstić information content (AvgIpc) is 2.90. The first-order valence-corrected chi connectivity index (χ1v) is 5.98. The number of amides is 1. The fourth-order valence-electron chi connectivity index (χ4n) is 1.81. The fourth-order valence-corrected chi connectivity index (χ4v) is 1.81. The Labute approximate surface area is 106 Å². The van der Waals surface area contributed by atoms with Crippen molar-refractivity contribution in [3.63, 3.8) is 0 Å². The minimum Gasteiger partial charge on any atom is -0.467 e. The molecule has 1 aliphatic heterocycles. The molecule has 1 amide bonds. The topological polar surface area (TPSA) is 88.4 Å². The standard InChI is InChI=1S/C12H18N2O4/c1-8(7-13)6-9(12(16)17-2)14-11(15)10-4-3-5-18-10/h8-10H,3-6H2,1-2H3,(H,14,15)/t8-,9+,10+/m1/s1. The van der Waals surface area contributed by atoms with Gasteiger partial charge in [0, 0.05) is 12.5 Å². The lowest BCUT2D eigenvalue weighted by Crippen LogP contribution is -2.46. The van der Waals surface area contributed by atoms with Crippen LogP contribution in [0.2, 0.25) is 0 Å². The zero-order valence-corrected chi connectivity index (χ0v) is 10.6. The van der Waals surface area contributed by atoms with Crippen molar-refractivity contribution in [2.45, 2.75) is 38.3 Å². The molecule has 1 N–H and O–H groups in total.